The number of rotatable bonds is 7. The van der Waals surface area contributed by atoms with E-state index in [1.165, 1.54) is 0 Å². The highest BCUT2D eigenvalue weighted by atomic mass is 15.2. The fraction of sp³-hybridized carbons (Fsp3) is 0.667. The molecule has 0 unspecified atom stereocenters. The zero-order valence-corrected chi connectivity index (χ0v) is 11.0. The Hall–Kier alpha value is -1.36. The van der Waals surface area contributed by atoms with Crippen molar-refractivity contribution in [2.75, 3.05) is 36.9 Å². The minimum atomic E-state index is 0.600. The first-order valence-electron chi connectivity index (χ1n) is 6.10. The normalized spacial score (nSPS) is 10.6. The van der Waals surface area contributed by atoms with Gasteiger partial charge in [0.1, 0.15) is 18.0 Å². The average Bonchev–Trinajstić information content (AvgIpc) is 2.33. The van der Waals surface area contributed by atoms with Crippen molar-refractivity contribution in [1.82, 2.24) is 9.97 Å². The Morgan fingerprint density at radius 2 is 2.18 bits per heavy atom. The van der Waals surface area contributed by atoms with Crippen molar-refractivity contribution < 1.29 is 0 Å². The highest BCUT2D eigenvalue weighted by Crippen LogP contribution is 2.13. The fourth-order valence-corrected chi connectivity index (χ4v) is 1.42. The zero-order valence-electron chi connectivity index (χ0n) is 11.0. The molecule has 0 aliphatic rings. The summed E-state index contributed by atoms with van der Waals surface area (Å²) in [4.78, 5) is 10.6. The van der Waals surface area contributed by atoms with Crippen LogP contribution in [0.2, 0.25) is 0 Å². The summed E-state index contributed by atoms with van der Waals surface area (Å²) in [6.07, 6.45) is 2.74. The first-order chi connectivity index (χ1) is 8.13. The molecule has 5 nitrogen and oxygen atoms in total. The van der Waals surface area contributed by atoms with Crippen molar-refractivity contribution in [3.63, 3.8) is 0 Å². The molecule has 1 heterocycles. The van der Waals surface area contributed by atoms with Crippen LogP contribution in [0.15, 0.2) is 12.4 Å². The van der Waals surface area contributed by atoms with Gasteiger partial charge in [-0.1, -0.05) is 13.8 Å². The molecular formula is C12H23N5. The van der Waals surface area contributed by atoms with Crippen LogP contribution in [0, 0.1) is 5.92 Å². The molecule has 0 aromatic carbocycles. The molecule has 5 heteroatoms. The van der Waals surface area contributed by atoms with Gasteiger partial charge in [-0.2, -0.15) is 0 Å². The number of nitrogens with two attached hydrogens (primary N) is 1. The highest BCUT2D eigenvalue weighted by molar-refractivity contribution is 5.47. The van der Waals surface area contributed by atoms with Gasteiger partial charge in [0.2, 0.25) is 0 Å². The highest BCUT2D eigenvalue weighted by Gasteiger charge is 2.05. The molecule has 0 aliphatic heterocycles. The Bertz CT molecular complexity index is 326. The van der Waals surface area contributed by atoms with Crippen LogP contribution in [0.4, 0.5) is 11.6 Å². The monoisotopic (exact) mass is 237 g/mol. The maximum atomic E-state index is 5.44. The molecule has 1 aromatic heterocycles. The first kappa shape index (κ1) is 13.7. The fourth-order valence-electron chi connectivity index (χ4n) is 1.42. The Kier molecular flexibility index (Phi) is 5.69. The van der Waals surface area contributed by atoms with Crippen LogP contribution < -0.4 is 16.0 Å². The third-order valence-electron chi connectivity index (χ3n) is 2.54. The number of hydrogen-bond donors (Lipinski definition) is 2. The van der Waals surface area contributed by atoms with Crippen molar-refractivity contribution in [1.29, 1.82) is 0 Å². The Morgan fingerprint density at radius 3 is 2.82 bits per heavy atom. The Balaban J connectivity index is 2.57. The predicted octanol–water partition coefficient (Wildman–Crippen LogP) is 1.33. The first-order valence-corrected chi connectivity index (χ1v) is 6.10. The van der Waals surface area contributed by atoms with Gasteiger partial charge >= 0.3 is 0 Å². The van der Waals surface area contributed by atoms with Crippen LogP contribution in [-0.4, -0.2) is 36.6 Å². The lowest BCUT2D eigenvalue weighted by Gasteiger charge is -2.19. The minimum Gasteiger partial charge on any atom is -0.369 e. The summed E-state index contributed by atoms with van der Waals surface area (Å²) in [6.45, 7) is 6.78. The van der Waals surface area contributed by atoms with E-state index in [9.17, 15) is 0 Å². The molecule has 0 bridgehead atoms. The van der Waals surface area contributed by atoms with Gasteiger partial charge in [0, 0.05) is 32.7 Å². The molecule has 3 N–H and O–H groups in total. The second kappa shape index (κ2) is 7.06. The van der Waals surface area contributed by atoms with Crippen LogP contribution in [0.5, 0.6) is 0 Å². The topological polar surface area (TPSA) is 67.1 Å². The summed E-state index contributed by atoms with van der Waals surface area (Å²) in [5.41, 5.74) is 5.44. The van der Waals surface area contributed by atoms with Crippen molar-refractivity contribution in [2.24, 2.45) is 11.7 Å². The van der Waals surface area contributed by atoms with Crippen LogP contribution in [0.25, 0.3) is 0 Å². The van der Waals surface area contributed by atoms with Crippen LogP contribution in [0.3, 0.4) is 0 Å². The summed E-state index contributed by atoms with van der Waals surface area (Å²) >= 11 is 0. The maximum absolute atomic E-state index is 5.44. The van der Waals surface area contributed by atoms with E-state index in [0.29, 0.717) is 12.5 Å². The molecule has 0 fully saturated rings. The third kappa shape index (κ3) is 4.99. The lowest BCUT2D eigenvalue weighted by Crippen LogP contribution is -2.21. The van der Waals surface area contributed by atoms with Gasteiger partial charge in [-0.15, -0.1) is 0 Å². The van der Waals surface area contributed by atoms with Gasteiger partial charge in [-0.25, -0.2) is 9.97 Å². The Morgan fingerprint density at radius 1 is 1.41 bits per heavy atom. The molecule has 17 heavy (non-hydrogen) atoms. The van der Waals surface area contributed by atoms with E-state index in [1.54, 1.807) is 6.33 Å². The van der Waals surface area contributed by atoms with Gasteiger partial charge in [0.05, 0.1) is 0 Å². The molecule has 1 aromatic rings. The molecule has 96 valence electrons. The zero-order chi connectivity index (χ0) is 12.7. The summed E-state index contributed by atoms with van der Waals surface area (Å²) < 4.78 is 0. The molecule has 0 spiro atoms. The lowest BCUT2D eigenvalue weighted by molar-refractivity contribution is 0.583. The smallest absolute Gasteiger partial charge is 0.133 e. The van der Waals surface area contributed by atoms with E-state index in [4.69, 9.17) is 5.73 Å². The third-order valence-corrected chi connectivity index (χ3v) is 2.54. The molecule has 0 amide bonds. The average molecular weight is 237 g/mol. The molecule has 1 rings (SSSR count). The Labute approximate surface area is 103 Å². The summed E-state index contributed by atoms with van der Waals surface area (Å²) in [5, 5.41) is 3.15. The summed E-state index contributed by atoms with van der Waals surface area (Å²) in [5.74, 6) is 2.48. The van der Waals surface area contributed by atoms with Crippen molar-refractivity contribution in [3.05, 3.63) is 12.4 Å². The number of nitrogens with one attached hydrogen (secondary N) is 1. The second-order valence-electron chi connectivity index (χ2n) is 4.58. The van der Waals surface area contributed by atoms with Crippen molar-refractivity contribution >= 4 is 11.6 Å². The van der Waals surface area contributed by atoms with Gasteiger partial charge in [0.15, 0.2) is 0 Å². The van der Waals surface area contributed by atoms with Gasteiger partial charge in [0.25, 0.3) is 0 Å². The SMILES string of the molecule is CC(C)CCN(C)c1cc(NCCN)ncn1. The molecule has 0 atom stereocenters. The van der Waals surface area contributed by atoms with Crippen molar-refractivity contribution in [3.8, 4) is 0 Å². The largest absolute Gasteiger partial charge is 0.369 e. The van der Waals surface area contributed by atoms with Crippen LogP contribution in [-0.2, 0) is 0 Å². The molecule has 0 aliphatic carbocycles. The van der Waals surface area contributed by atoms with E-state index in [-0.39, 0.29) is 0 Å². The second-order valence-corrected chi connectivity index (χ2v) is 4.58. The van der Waals surface area contributed by atoms with Gasteiger partial charge in [-0.05, 0) is 12.3 Å². The molecule has 0 saturated carbocycles. The maximum Gasteiger partial charge on any atom is 0.133 e. The van der Waals surface area contributed by atoms with Crippen LogP contribution in [0.1, 0.15) is 20.3 Å². The number of aromatic nitrogens is 2. The van der Waals surface area contributed by atoms with E-state index in [2.05, 4.69) is 41.1 Å². The predicted molar refractivity (Wildman–Crippen MR) is 72.3 cm³/mol. The lowest BCUT2D eigenvalue weighted by atomic mass is 10.1. The number of anilines is 2. The minimum absolute atomic E-state index is 0.600. The summed E-state index contributed by atoms with van der Waals surface area (Å²) in [6, 6.07) is 1.95. The van der Waals surface area contributed by atoms with E-state index in [0.717, 1.165) is 31.1 Å². The van der Waals surface area contributed by atoms with E-state index >= 15 is 0 Å². The molecular weight excluding hydrogens is 214 g/mol. The number of nitrogens with zero attached hydrogens (tertiary/aromatic N) is 3. The molecule has 0 radical (unpaired) electrons. The number of hydrogen-bond acceptors (Lipinski definition) is 5. The molecule has 0 saturated heterocycles. The van der Waals surface area contributed by atoms with Crippen LogP contribution >= 0.6 is 0 Å². The quantitative estimate of drug-likeness (QED) is 0.749. The van der Waals surface area contributed by atoms with Crippen molar-refractivity contribution in [2.45, 2.75) is 20.3 Å². The van der Waals surface area contributed by atoms with Gasteiger partial charge < -0.3 is 16.0 Å². The summed E-state index contributed by atoms with van der Waals surface area (Å²) in [7, 11) is 2.05. The van der Waals surface area contributed by atoms with E-state index in [1.807, 2.05) is 6.07 Å². The standard InChI is InChI=1S/C12H23N5/c1-10(2)4-7-17(3)12-8-11(14-6-5-13)15-9-16-12/h8-10H,4-7,13H2,1-3H3,(H,14,15,16). The van der Waals surface area contributed by atoms with Gasteiger partial charge in [-0.3, -0.25) is 0 Å². The van der Waals surface area contributed by atoms with E-state index < -0.39 is 0 Å².